The molecule has 106 valence electrons. The van der Waals surface area contributed by atoms with Crippen molar-refractivity contribution in [3.8, 4) is 0 Å². The normalized spacial score (nSPS) is 11.4. The maximum atomic E-state index is 13.1. The zero-order chi connectivity index (χ0) is 14.9. The van der Waals surface area contributed by atoms with Crippen LogP contribution in [0.25, 0.3) is 0 Å². The lowest BCUT2D eigenvalue weighted by atomic mass is 10.1. The number of anilines is 1. The molecule has 20 heavy (non-hydrogen) atoms. The van der Waals surface area contributed by atoms with Crippen molar-refractivity contribution in [1.82, 2.24) is 0 Å². The van der Waals surface area contributed by atoms with Gasteiger partial charge in [0.1, 0.15) is 5.82 Å². The average molecular weight is 314 g/mol. The zero-order valence-electron chi connectivity index (χ0n) is 10.9. The molecule has 0 amide bonds. The topological polar surface area (TPSA) is 46.2 Å². The fourth-order valence-corrected chi connectivity index (χ4v) is 3.10. The van der Waals surface area contributed by atoms with E-state index in [1.165, 1.54) is 6.07 Å². The summed E-state index contributed by atoms with van der Waals surface area (Å²) in [5.41, 5.74) is 2.30. The van der Waals surface area contributed by atoms with E-state index in [0.717, 1.165) is 23.3 Å². The molecule has 0 saturated heterocycles. The monoisotopic (exact) mass is 313 g/mol. The maximum absolute atomic E-state index is 13.1. The van der Waals surface area contributed by atoms with Crippen LogP contribution in [0.4, 0.5) is 10.1 Å². The highest BCUT2D eigenvalue weighted by atomic mass is 35.5. The highest BCUT2D eigenvalue weighted by Gasteiger charge is 2.17. The molecule has 0 atom stereocenters. The van der Waals surface area contributed by atoms with E-state index in [2.05, 4.69) is 4.72 Å². The van der Waals surface area contributed by atoms with E-state index >= 15 is 0 Å². The molecular formula is C14H13ClFNO2S. The van der Waals surface area contributed by atoms with Gasteiger partial charge in [0.2, 0.25) is 0 Å². The molecule has 0 saturated carbocycles. The third-order valence-corrected chi connectivity index (χ3v) is 4.70. The van der Waals surface area contributed by atoms with Gasteiger partial charge in [-0.25, -0.2) is 12.8 Å². The summed E-state index contributed by atoms with van der Waals surface area (Å²) in [6, 6.07) is 8.61. The quantitative estimate of drug-likeness (QED) is 0.934. The summed E-state index contributed by atoms with van der Waals surface area (Å²) in [6.07, 6.45) is 0. The first-order chi connectivity index (χ1) is 9.31. The third-order valence-electron chi connectivity index (χ3n) is 3.05. The zero-order valence-corrected chi connectivity index (χ0v) is 12.5. The molecule has 0 heterocycles. The number of sulfonamides is 1. The van der Waals surface area contributed by atoms with E-state index in [0.29, 0.717) is 5.69 Å². The van der Waals surface area contributed by atoms with Gasteiger partial charge >= 0.3 is 0 Å². The molecule has 2 rings (SSSR count). The summed E-state index contributed by atoms with van der Waals surface area (Å²) < 4.78 is 40.0. The van der Waals surface area contributed by atoms with Crippen LogP contribution < -0.4 is 4.72 Å². The number of halogens is 2. The van der Waals surface area contributed by atoms with E-state index in [-0.39, 0.29) is 9.92 Å². The van der Waals surface area contributed by atoms with Crippen LogP contribution in [-0.4, -0.2) is 8.42 Å². The molecule has 0 fully saturated rings. The molecule has 2 aromatic carbocycles. The Morgan fingerprint density at radius 2 is 1.85 bits per heavy atom. The van der Waals surface area contributed by atoms with Gasteiger partial charge in [0, 0.05) is 0 Å². The van der Waals surface area contributed by atoms with Crippen LogP contribution in [0.15, 0.2) is 41.3 Å². The number of nitrogens with one attached hydrogen (secondary N) is 1. The van der Waals surface area contributed by atoms with E-state index in [1.807, 2.05) is 19.9 Å². The molecule has 1 N–H and O–H groups in total. The van der Waals surface area contributed by atoms with Gasteiger partial charge in [-0.3, -0.25) is 4.72 Å². The van der Waals surface area contributed by atoms with E-state index in [4.69, 9.17) is 11.6 Å². The van der Waals surface area contributed by atoms with Crippen molar-refractivity contribution in [3.63, 3.8) is 0 Å². The van der Waals surface area contributed by atoms with Gasteiger partial charge in [0.15, 0.2) is 0 Å². The van der Waals surface area contributed by atoms with Gasteiger partial charge in [0.05, 0.1) is 15.6 Å². The highest BCUT2D eigenvalue weighted by molar-refractivity contribution is 7.92. The number of rotatable bonds is 3. The van der Waals surface area contributed by atoms with Crippen LogP contribution >= 0.6 is 11.6 Å². The van der Waals surface area contributed by atoms with Gasteiger partial charge in [-0.1, -0.05) is 23.7 Å². The predicted octanol–water partition coefficient (Wildman–Crippen LogP) is 3.90. The van der Waals surface area contributed by atoms with Gasteiger partial charge in [-0.2, -0.15) is 0 Å². The van der Waals surface area contributed by atoms with Crippen molar-refractivity contribution >= 4 is 27.3 Å². The molecule has 0 unspecified atom stereocenters. The largest absolute Gasteiger partial charge is 0.279 e. The lowest BCUT2D eigenvalue weighted by molar-refractivity contribution is 0.599. The average Bonchev–Trinajstić information content (AvgIpc) is 2.38. The third kappa shape index (κ3) is 2.94. The predicted molar refractivity (Wildman–Crippen MR) is 78.1 cm³/mol. The smallest absolute Gasteiger partial charge is 0.261 e. The van der Waals surface area contributed by atoms with Crippen LogP contribution in [0.2, 0.25) is 5.02 Å². The van der Waals surface area contributed by atoms with Gasteiger partial charge in [-0.15, -0.1) is 0 Å². The summed E-state index contributed by atoms with van der Waals surface area (Å²) in [4.78, 5) is -0.0789. The van der Waals surface area contributed by atoms with Gasteiger partial charge in [-0.05, 0) is 49.2 Å². The first-order valence-corrected chi connectivity index (χ1v) is 7.71. The Morgan fingerprint density at radius 3 is 2.50 bits per heavy atom. The van der Waals surface area contributed by atoms with Crippen LogP contribution in [0.3, 0.4) is 0 Å². The van der Waals surface area contributed by atoms with Gasteiger partial charge in [0.25, 0.3) is 10.0 Å². The Hall–Kier alpha value is -1.59. The van der Waals surface area contributed by atoms with Crippen molar-refractivity contribution in [2.24, 2.45) is 0 Å². The molecule has 0 spiro atoms. The van der Waals surface area contributed by atoms with Crippen LogP contribution in [-0.2, 0) is 10.0 Å². The molecule has 0 aliphatic carbocycles. The molecular weight excluding hydrogens is 301 g/mol. The molecule has 0 aliphatic rings. The number of hydrogen-bond acceptors (Lipinski definition) is 2. The summed E-state index contributed by atoms with van der Waals surface area (Å²) in [7, 11) is -3.79. The number of aryl methyl sites for hydroxylation is 1. The summed E-state index contributed by atoms with van der Waals surface area (Å²) >= 11 is 5.61. The Bertz CT molecular complexity index is 760. The first-order valence-electron chi connectivity index (χ1n) is 5.85. The molecule has 0 bridgehead atoms. The fourth-order valence-electron chi connectivity index (χ4n) is 1.71. The second-order valence-corrected chi connectivity index (χ2v) is 6.52. The lowest BCUT2D eigenvalue weighted by Crippen LogP contribution is -2.14. The second-order valence-electron chi connectivity index (χ2n) is 4.43. The molecule has 6 heteroatoms. The first kappa shape index (κ1) is 14.8. The Balaban J connectivity index is 2.41. The Kier molecular flexibility index (Phi) is 4.01. The van der Waals surface area contributed by atoms with Crippen LogP contribution in [0.5, 0.6) is 0 Å². The van der Waals surface area contributed by atoms with E-state index in [9.17, 15) is 12.8 Å². The number of hydrogen-bond donors (Lipinski definition) is 1. The molecule has 0 aromatic heterocycles. The van der Waals surface area contributed by atoms with Crippen molar-refractivity contribution in [2.75, 3.05) is 4.72 Å². The summed E-state index contributed by atoms with van der Waals surface area (Å²) in [5, 5.41) is -0.228. The molecule has 2 aromatic rings. The lowest BCUT2D eigenvalue weighted by Gasteiger charge is -2.12. The van der Waals surface area contributed by atoms with Crippen molar-refractivity contribution in [3.05, 3.63) is 58.4 Å². The number of benzene rings is 2. The van der Waals surface area contributed by atoms with Gasteiger partial charge < -0.3 is 0 Å². The maximum Gasteiger partial charge on any atom is 0.261 e. The second kappa shape index (κ2) is 5.42. The minimum absolute atomic E-state index is 0.0789. The molecule has 0 aliphatic heterocycles. The Morgan fingerprint density at radius 1 is 1.15 bits per heavy atom. The molecule has 3 nitrogen and oxygen atoms in total. The standard InChI is InChI=1S/C14H13ClFNO2S/c1-9-4-3-5-14(10(9)2)17-20(18,19)11-6-7-13(16)12(15)8-11/h3-8,17H,1-2H3. The van der Waals surface area contributed by atoms with E-state index < -0.39 is 15.8 Å². The summed E-state index contributed by atoms with van der Waals surface area (Å²) in [6.45, 7) is 3.72. The molecule has 0 radical (unpaired) electrons. The van der Waals surface area contributed by atoms with Crippen molar-refractivity contribution in [2.45, 2.75) is 18.7 Å². The van der Waals surface area contributed by atoms with Crippen LogP contribution in [0.1, 0.15) is 11.1 Å². The Labute approximate surface area is 122 Å². The van der Waals surface area contributed by atoms with Crippen molar-refractivity contribution in [1.29, 1.82) is 0 Å². The SMILES string of the molecule is Cc1cccc(NS(=O)(=O)c2ccc(F)c(Cl)c2)c1C. The van der Waals surface area contributed by atoms with Crippen LogP contribution in [0, 0.1) is 19.7 Å². The fraction of sp³-hybridized carbons (Fsp3) is 0.143. The highest BCUT2D eigenvalue weighted by Crippen LogP contribution is 2.24. The van der Waals surface area contributed by atoms with E-state index in [1.54, 1.807) is 12.1 Å². The van der Waals surface area contributed by atoms with Crippen molar-refractivity contribution < 1.29 is 12.8 Å². The minimum Gasteiger partial charge on any atom is -0.279 e. The minimum atomic E-state index is -3.79. The summed E-state index contributed by atoms with van der Waals surface area (Å²) in [5.74, 6) is -0.655.